The highest BCUT2D eigenvalue weighted by molar-refractivity contribution is 5.81. The van der Waals surface area contributed by atoms with Gasteiger partial charge in [-0.1, -0.05) is 35.0 Å². The number of nitrogens with zero attached hydrogens (tertiary/aromatic N) is 1. The Labute approximate surface area is 123 Å². The van der Waals surface area contributed by atoms with Crippen molar-refractivity contribution in [2.75, 3.05) is 6.61 Å². The van der Waals surface area contributed by atoms with Gasteiger partial charge in [0.1, 0.15) is 12.4 Å². The molecule has 0 atom stereocenters. The van der Waals surface area contributed by atoms with Crippen LogP contribution in [0.3, 0.4) is 0 Å². The number of aliphatic hydroxyl groups is 1. The Morgan fingerprint density at radius 2 is 2.10 bits per heavy atom. The van der Waals surface area contributed by atoms with E-state index in [1.165, 1.54) is 5.56 Å². The van der Waals surface area contributed by atoms with E-state index in [9.17, 15) is 0 Å². The van der Waals surface area contributed by atoms with Gasteiger partial charge in [-0.3, -0.25) is 0 Å². The molecule has 3 rings (SSSR count). The average Bonchev–Trinajstić information content (AvgIpc) is 2.88. The van der Waals surface area contributed by atoms with Crippen molar-refractivity contribution in [2.24, 2.45) is 0 Å². The number of aryl methyl sites for hydroxylation is 1. The van der Waals surface area contributed by atoms with Crippen molar-refractivity contribution in [3.8, 4) is 5.75 Å². The summed E-state index contributed by atoms with van der Waals surface area (Å²) in [6.07, 6.45) is 0.480. The van der Waals surface area contributed by atoms with Crippen LogP contribution in [0.2, 0.25) is 0 Å². The zero-order valence-corrected chi connectivity index (χ0v) is 11.9. The Balaban J connectivity index is 1.79. The third kappa shape index (κ3) is 3.06. The minimum atomic E-state index is 0.0516. The van der Waals surface area contributed by atoms with Gasteiger partial charge in [0, 0.05) is 18.4 Å². The molecule has 2 aromatic carbocycles. The van der Waals surface area contributed by atoms with Crippen LogP contribution in [0, 0.1) is 6.92 Å². The van der Waals surface area contributed by atoms with Gasteiger partial charge in [-0.2, -0.15) is 0 Å². The second-order valence-electron chi connectivity index (χ2n) is 5.04. The van der Waals surface area contributed by atoms with E-state index in [1.54, 1.807) is 0 Å². The zero-order valence-electron chi connectivity index (χ0n) is 11.9. The van der Waals surface area contributed by atoms with E-state index in [1.807, 2.05) is 30.3 Å². The molecule has 0 saturated heterocycles. The van der Waals surface area contributed by atoms with Gasteiger partial charge >= 0.3 is 0 Å². The summed E-state index contributed by atoms with van der Waals surface area (Å²) in [5, 5.41) is 13.9. The Kier molecular flexibility index (Phi) is 3.88. The highest BCUT2D eigenvalue weighted by Crippen LogP contribution is 2.25. The van der Waals surface area contributed by atoms with Gasteiger partial charge < -0.3 is 14.4 Å². The lowest BCUT2D eigenvalue weighted by molar-refractivity contribution is 0.295. The molecule has 0 unspecified atom stereocenters. The van der Waals surface area contributed by atoms with Crippen LogP contribution in [0.5, 0.6) is 5.75 Å². The maximum atomic E-state index is 9.03. The van der Waals surface area contributed by atoms with Crippen LogP contribution in [0.4, 0.5) is 0 Å². The molecule has 0 amide bonds. The van der Waals surface area contributed by atoms with Crippen LogP contribution in [0.1, 0.15) is 16.8 Å². The lowest BCUT2D eigenvalue weighted by Crippen LogP contribution is -1.96. The fourth-order valence-corrected chi connectivity index (χ4v) is 2.31. The van der Waals surface area contributed by atoms with E-state index in [-0.39, 0.29) is 6.61 Å². The maximum Gasteiger partial charge on any atom is 0.167 e. The number of rotatable bonds is 5. The van der Waals surface area contributed by atoms with Crippen molar-refractivity contribution in [3.05, 3.63) is 59.3 Å². The largest absolute Gasteiger partial charge is 0.489 e. The number of ether oxygens (including phenoxy) is 1. The molecule has 1 aromatic heterocycles. The molecule has 0 aliphatic carbocycles. The number of hydrogen-bond donors (Lipinski definition) is 1. The van der Waals surface area contributed by atoms with Crippen LogP contribution in [0.15, 0.2) is 47.0 Å². The van der Waals surface area contributed by atoms with Gasteiger partial charge in [-0.25, -0.2) is 0 Å². The second kappa shape index (κ2) is 5.97. The van der Waals surface area contributed by atoms with Crippen molar-refractivity contribution in [2.45, 2.75) is 20.0 Å². The van der Waals surface area contributed by atoms with E-state index < -0.39 is 0 Å². The molecule has 108 valence electrons. The molecule has 4 nitrogen and oxygen atoms in total. The third-order valence-electron chi connectivity index (χ3n) is 3.35. The third-order valence-corrected chi connectivity index (χ3v) is 3.35. The summed E-state index contributed by atoms with van der Waals surface area (Å²) < 4.78 is 11.0. The van der Waals surface area contributed by atoms with E-state index in [4.69, 9.17) is 14.4 Å². The van der Waals surface area contributed by atoms with Gasteiger partial charge in [-0.15, -0.1) is 0 Å². The highest BCUT2D eigenvalue weighted by Gasteiger charge is 2.09. The SMILES string of the molecule is Cc1cccc(COc2ccc3onc(CCO)c3c2)c1. The number of hydrogen-bond acceptors (Lipinski definition) is 4. The van der Waals surface area contributed by atoms with Crippen LogP contribution >= 0.6 is 0 Å². The molecule has 3 aromatic rings. The van der Waals surface area contributed by atoms with Gasteiger partial charge in [0.2, 0.25) is 0 Å². The highest BCUT2D eigenvalue weighted by atomic mass is 16.5. The first-order valence-corrected chi connectivity index (χ1v) is 6.94. The lowest BCUT2D eigenvalue weighted by atomic mass is 10.1. The van der Waals surface area contributed by atoms with Crippen molar-refractivity contribution in [1.29, 1.82) is 0 Å². The van der Waals surface area contributed by atoms with Crippen molar-refractivity contribution in [3.63, 3.8) is 0 Å². The number of aliphatic hydroxyl groups excluding tert-OH is 1. The molecular formula is C17H17NO3. The van der Waals surface area contributed by atoms with Crippen LogP contribution in [0.25, 0.3) is 11.0 Å². The van der Waals surface area contributed by atoms with Crippen LogP contribution in [-0.4, -0.2) is 16.9 Å². The van der Waals surface area contributed by atoms with Crippen LogP contribution in [-0.2, 0) is 13.0 Å². The van der Waals surface area contributed by atoms with Gasteiger partial charge in [0.05, 0.1) is 5.69 Å². The number of fused-ring (bicyclic) bond motifs is 1. The Bertz CT molecular complexity index is 749. The van der Waals surface area contributed by atoms with E-state index in [0.29, 0.717) is 18.6 Å². The summed E-state index contributed by atoms with van der Waals surface area (Å²) in [6.45, 7) is 2.64. The topological polar surface area (TPSA) is 55.5 Å². The smallest absolute Gasteiger partial charge is 0.167 e. The fraction of sp³-hybridized carbons (Fsp3) is 0.235. The molecule has 0 aliphatic rings. The average molecular weight is 283 g/mol. The van der Waals surface area contributed by atoms with Crippen molar-refractivity contribution in [1.82, 2.24) is 5.16 Å². The summed E-state index contributed by atoms with van der Waals surface area (Å²) >= 11 is 0. The predicted octanol–water partition coefficient (Wildman–Crippen LogP) is 3.25. The lowest BCUT2D eigenvalue weighted by Gasteiger charge is -2.07. The van der Waals surface area contributed by atoms with Crippen LogP contribution < -0.4 is 4.74 Å². The molecule has 0 radical (unpaired) electrons. The normalized spacial score (nSPS) is 11.0. The summed E-state index contributed by atoms with van der Waals surface area (Å²) in [5.41, 5.74) is 3.82. The second-order valence-corrected chi connectivity index (χ2v) is 5.04. The van der Waals surface area contributed by atoms with E-state index >= 15 is 0 Å². The van der Waals surface area contributed by atoms with E-state index in [2.05, 4.69) is 24.2 Å². The molecule has 0 bridgehead atoms. The minimum absolute atomic E-state index is 0.0516. The molecule has 1 heterocycles. The summed E-state index contributed by atoms with van der Waals surface area (Å²) in [4.78, 5) is 0. The molecular weight excluding hydrogens is 266 g/mol. The Morgan fingerprint density at radius 3 is 2.90 bits per heavy atom. The van der Waals surface area contributed by atoms with Gasteiger partial charge in [-0.05, 0) is 30.7 Å². The van der Waals surface area contributed by atoms with Crippen molar-refractivity contribution < 1.29 is 14.4 Å². The Morgan fingerprint density at radius 1 is 1.19 bits per heavy atom. The first-order chi connectivity index (χ1) is 10.3. The first-order valence-electron chi connectivity index (χ1n) is 6.94. The molecule has 0 spiro atoms. The molecule has 0 saturated carbocycles. The maximum absolute atomic E-state index is 9.03. The molecule has 4 heteroatoms. The first kappa shape index (κ1) is 13.6. The summed E-state index contributed by atoms with van der Waals surface area (Å²) in [7, 11) is 0. The summed E-state index contributed by atoms with van der Waals surface area (Å²) in [5.74, 6) is 0.770. The fourth-order valence-electron chi connectivity index (χ4n) is 2.31. The van der Waals surface area contributed by atoms with Gasteiger partial charge in [0.25, 0.3) is 0 Å². The standard InChI is InChI=1S/C17H17NO3/c1-12-3-2-4-13(9-12)11-20-14-5-6-17-15(10-14)16(7-8-19)18-21-17/h2-6,9-10,19H,7-8,11H2,1H3. The monoisotopic (exact) mass is 283 g/mol. The number of aromatic nitrogens is 1. The minimum Gasteiger partial charge on any atom is -0.489 e. The molecule has 0 fully saturated rings. The molecule has 21 heavy (non-hydrogen) atoms. The van der Waals surface area contributed by atoms with Gasteiger partial charge in [0.15, 0.2) is 5.58 Å². The molecule has 1 N–H and O–H groups in total. The Hall–Kier alpha value is -2.33. The predicted molar refractivity (Wildman–Crippen MR) is 80.3 cm³/mol. The quantitative estimate of drug-likeness (QED) is 0.781. The number of benzene rings is 2. The zero-order chi connectivity index (χ0) is 14.7. The van der Waals surface area contributed by atoms with E-state index in [0.717, 1.165) is 22.4 Å². The summed E-state index contributed by atoms with van der Waals surface area (Å²) in [6, 6.07) is 13.9. The van der Waals surface area contributed by atoms with Crippen molar-refractivity contribution >= 4 is 11.0 Å². The molecule has 0 aliphatic heterocycles.